The summed E-state index contributed by atoms with van der Waals surface area (Å²) < 4.78 is 86.3. The van der Waals surface area contributed by atoms with Gasteiger partial charge in [0.05, 0.1) is 17.7 Å². The van der Waals surface area contributed by atoms with E-state index in [1.165, 1.54) is 17.3 Å². The molecule has 6 nitrogen and oxygen atoms in total. The molecule has 220 valence electrons. The molecule has 2 aromatic carbocycles. The van der Waals surface area contributed by atoms with E-state index in [-0.39, 0.29) is 43.7 Å². The summed E-state index contributed by atoms with van der Waals surface area (Å²) in [6, 6.07) is 6.97. The number of hydrogen-bond acceptors (Lipinski definition) is 5. The maximum absolute atomic E-state index is 13.7. The van der Waals surface area contributed by atoms with Crippen LogP contribution in [0.5, 0.6) is 5.75 Å². The van der Waals surface area contributed by atoms with Crippen LogP contribution >= 0.6 is 0 Å². The number of carbonyl (C=O) groups is 1. The van der Waals surface area contributed by atoms with Crippen molar-refractivity contribution in [2.45, 2.75) is 52.5 Å². The van der Waals surface area contributed by atoms with E-state index < -0.39 is 23.5 Å². The van der Waals surface area contributed by atoms with Gasteiger partial charge in [-0.15, -0.1) is 0 Å². The van der Waals surface area contributed by atoms with E-state index in [1.54, 1.807) is 25.3 Å². The molecule has 4 aromatic rings. The third-order valence-electron chi connectivity index (χ3n) is 6.04. The van der Waals surface area contributed by atoms with E-state index in [4.69, 9.17) is 4.74 Å². The van der Waals surface area contributed by atoms with Gasteiger partial charge in [0.2, 0.25) is 5.95 Å². The quantitative estimate of drug-likeness (QED) is 0.119. The zero-order valence-corrected chi connectivity index (χ0v) is 22.7. The van der Waals surface area contributed by atoms with Gasteiger partial charge >= 0.3 is 12.4 Å². The van der Waals surface area contributed by atoms with Crippen molar-refractivity contribution < 1.29 is 35.9 Å². The summed E-state index contributed by atoms with van der Waals surface area (Å²) in [5.41, 5.74) is -0.663. The second kappa shape index (κ2) is 13.5. The molecule has 0 aliphatic rings. The van der Waals surface area contributed by atoms with E-state index in [0.29, 0.717) is 18.2 Å². The van der Waals surface area contributed by atoms with Crippen LogP contribution in [-0.4, -0.2) is 34.4 Å². The maximum atomic E-state index is 13.7. The molecule has 1 N–H and O–H groups in total. The largest absolute Gasteiger partial charge is 0.494 e. The minimum Gasteiger partial charge on any atom is -0.494 e. The maximum Gasteiger partial charge on any atom is 0.416 e. The summed E-state index contributed by atoms with van der Waals surface area (Å²) in [6.07, 6.45) is -3.73. The first-order valence-corrected chi connectivity index (χ1v) is 12.9. The Labute approximate surface area is 233 Å². The predicted molar refractivity (Wildman–Crippen MR) is 144 cm³/mol. The number of H-pyrrole nitrogens is 1. The number of aryl methyl sites for hydroxylation is 1. The smallest absolute Gasteiger partial charge is 0.416 e. The fourth-order valence-corrected chi connectivity index (χ4v) is 4.11. The number of rotatable bonds is 10. The van der Waals surface area contributed by atoms with Gasteiger partial charge in [0.1, 0.15) is 12.0 Å². The second-order valence-electron chi connectivity index (χ2n) is 8.94. The molecule has 0 fully saturated rings. The van der Waals surface area contributed by atoms with Crippen LogP contribution in [0.4, 0.5) is 32.3 Å². The first-order chi connectivity index (χ1) is 19.5. The second-order valence-corrected chi connectivity index (χ2v) is 8.94. The molecule has 2 aromatic heterocycles. The Morgan fingerprint density at radius 3 is 2.29 bits per heavy atom. The van der Waals surface area contributed by atoms with Gasteiger partial charge in [0.25, 0.3) is 0 Å². The van der Waals surface area contributed by atoms with Gasteiger partial charge in [-0.25, -0.2) is 9.97 Å². The average Bonchev–Trinajstić information content (AvgIpc) is 3.33. The molecule has 0 amide bonds. The Hall–Kier alpha value is -4.09. The lowest BCUT2D eigenvalue weighted by molar-refractivity contribution is -0.143. The number of carbonyl (C=O) groups excluding carboxylic acids is 1. The minimum atomic E-state index is -4.99. The van der Waals surface area contributed by atoms with Crippen LogP contribution in [0.3, 0.4) is 0 Å². The van der Waals surface area contributed by atoms with Crippen molar-refractivity contribution in [1.29, 1.82) is 0 Å². The third kappa shape index (κ3) is 8.21. The lowest BCUT2D eigenvalue weighted by Gasteiger charge is -2.25. The summed E-state index contributed by atoms with van der Waals surface area (Å²) >= 11 is 0. The van der Waals surface area contributed by atoms with Crippen molar-refractivity contribution in [3.8, 4) is 5.75 Å². The zero-order chi connectivity index (χ0) is 30.2. The van der Waals surface area contributed by atoms with Gasteiger partial charge in [-0.1, -0.05) is 19.9 Å². The van der Waals surface area contributed by atoms with Gasteiger partial charge in [0.15, 0.2) is 0 Å². The fraction of sp³-hybridized carbons (Fsp3) is 0.345. The van der Waals surface area contributed by atoms with Gasteiger partial charge in [-0.3, -0.25) is 0 Å². The van der Waals surface area contributed by atoms with Crippen LogP contribution in [0.1, 0.15) is 48.1 Å². The molecular weight excluding hydrogens is 550 g/mol. The van der Waals surface area contributed by atoms with Crippen LogP contribution in [0.15, 0.2) is 55.0 Å². The number of aromatic nitrogens is 3. The SMILES string of the molecule is CC.Cc1cnc(N(CCCOc2ccc3[nH]cc(CC=O)c3c2)Cc2ccc(C(F)(F)F)cc2C(F)(F)F)nc1. The molecule has 0 atom stereocenters. The van der Waals surface area contributed by atoms with Gasteiger partial charge < -0.3 is 19.4 Å². The number of aldehydes is 1. The number of benzene rings is 2. The number of nitrogens with one attached hydrogen (secondary N) is 1. The highest BCUT2D eigenvalue weighted by molar-refractivity contribution is 5.86. The number of nitrogens with zero attached hydrogens (tertiary/aromatic N) is 3. The number of hydrogen-bond donors (Lipinski definition) is 1. The van der Waals surface area contributed by atoms with Crippen molar-refractivity contribution in [3.05, 3.63) is 82.8 Å². The van der Waals surface area contributed by atoms with E-state index in [9.17, 15) is 31.1 Å². The lowest BCUT2D eigenvalue weighted by Crippen LogP contribution is -2.28. The molecule has 0 spiro atoms. The minimum absolute atomic E-state index is 0.128. The number of ether oxygens (including phenoxy) is 1. The molecule has 4 rings (SSSR count). The van der Waals surface area contributed by atoms with Crippen molar-refractivity contribution >= 4 is 23.1 Å². The summed E-state index contributed by atoms with van der Waals surface area (Å²) in [5.74, 6) is 0.690. The molecule has 0 aliphatic carbocycles. The van der Waals surface area contributed by atoms with Gasteiger partial charge in [0, 0.05) is 49.0 Å². The Morgan fingerprint density at radius 2 is 1.66 bits per heavy atom. The number of halogens is 6. The summed E-state index contributed by atoms with van der Waals surface area (Å²) in [5, 5.41) is 0.844. The monoisotopic (exact) mass is 580 g/mol. The molecule has 0 aliphatic heterocycles. The van der Waals surface area contributed by atoms with Crippen molar-refractivity contribution in [1.82, 2.24) is 15.0 Å². The Morgan fingerprint density at radius 1 is 0.951 bits per heavy atom. The number of aromatic amines is 1. The van der Waals surface area contributed by atoms with Crippen molar-refractivity contribution in [2.75, 3.05) is 18.1 Å². The van der Waals surface area contributed by atoms with Crippen LogP contribution < -0.4 is 9.64 Å². The number of alkyl halides is 6. The standard InChI is InChI=1S/C27H24F6N4O2.C2H6/c1-17-13-35-25(36-14-17)37(16-19-3-4-20(26(28,29)30)11-23(19)27(31,32)33)8-2-10-39-21-5-6-24-22(12-21)18(7-9-38)15-34-24;1-2/h3-6,9,11-15,34H,2,7-8,10,16H2,1H3;1-2H3. The highest BCUT2D eigenvalue weighted by Crippen LogP contribution is 2.38. The average molecular weight is 581 g/mol. The summed E-state index contributed by atoms with van der Waals surface area (Å²) in [7, 11) is 0. The lowest BCUT2D eigenvalue weighted by atomic mass is 10.0. The van der Waals surface area contributed by atoms with Crippen LogP contribution in [0.2, 0.25) is 0 Å². The molecule has 2 heterocycles. The van der Waals surface area contributed by atoms with Crippen molar-refractivity contribution in [2.24, 2.45) is 0 Å². The molecule has 12 heteroatoms. The topological polar surface area (TPSA) is 71.1 Å². The van der Waals surface area contributed by atoms with E-state index in [2.05, 4.69) is 15.0 Å². The molecule has 0 saturated heterocycles. The van der Waals surface area contributed by atoms with E-state index >= 15 is 0 Å². The van der Waals surface area contributed by atoms with Gasteiger partial charge in [-0.2, -0.15) is 26.3 Å². The van der Waals surface area contributed by atoms with Crippen LogP contribution in [0.25, 0.3) is 10.9 Å². The Balaban J connectivity index is 0.00000226. The third-order valence-corrected chi connectivity index (χ3v) is 6.04. The molecular formula is C29H30F6N4O2. The highest BCUT2D eigenvalue weighted by atomic mass is 19.4. The number of anilines is 1. The Kier molecular flexibility index (Phi) is 10.4. The zero-order valence-electron chi connectivity index (χ0n) is 22.7. The summed E-state index contributed by atoms with van der Waals surface area (Å²) in [6.45, 7) is 5.76. The highest BCUT2D eigenvalue weighted by Gasteiger charge is 2.38. The Bertz CT molecular complexity index is 1430. The van der Waals surface area contributed by atoms with Gasteiger partial charge in [-0.05, 0) is 60.4 Å². The van der Waals surface area contributed by atoms with E-state index in [0.717, 1.165) is 34.4 Å². The molecule has 0 unspecified atom stereocenters. The molecule has 0 saturated carbocycles. The predicted octanol–water partition coefficient (Wildman–Crippen LogP) is 7.55. The van der Waals surface area contributed by atoms with E-state index in [1.807, 2.05) is 19.9 Å². The van der Waals surface area contributed by atoms with Crippen LogP contribution in [-0.2, 0) is 30.1 Å². The normalized spacial score (nSPS) is 11.6. The molecule has 0 bridgehead atoms. The number of fused-ring (bicyclic) bond motifs is 1. The molecule has 0 radical (unpaired) electrons. The first kappa shape index (κ1) is 31.4. The van der Waals surface area contributed by atoms with Crippen molar-refractivity contribution in [3.63, 3.8) is 0 Å². The fourth-order valence-electron chi connectivity index (χ4n) is 4.11. The summed E-state index contributed by atoms with van der Waals surface area (Å²) in [4.78, 5) is 23.8. The first-order valence-electron chi connectivity index (χ1n) is 12.9. The van der Waals surface area contributed by atoms with Crippen LogP contribution in [0, 0.1) is 6.92 Å². The molecule has 41 heavy (non-hydrogen) atoms.